The van der Waals surface area contributed by atoms with Gasteiger partial charge in [0.25, 0.3) is 0 Å². The lowest BCUT2D eigenvalue weighted by atomic mass is 10.3. The SMILES string of the molecule is COc1ccc2nc(CCCl)n(CCS(C)(=O)=O)c2c1. The number of fused-ring (bicyclic) bond motifs is 1. The van der Waals surface area contributed by atoms with Crippen molar-refractivity contribution >= 4 is 32.5 Å². The van der Waals surface area contributed by atoms with E-state index in [-0.39, 0.29) is 5.75 Å². The summed E-state index contributed by atoms with van der Waals surface area (Å²) in [4.78, 5) is 4.51. The maximum Gasteiger partial charge on any atom is 0.149 e. The van der Waals surface area contributed by atoms with Gasteiger partial charge in [0.05, 0.1) is 23.9 Å². The predicted molar refractivity (Wildman–Crippen MR) is 80.4 cm³/mol. The smallest absolute Gasteiger partial charge is 0.149 e. The van der Waals surface area contributed by atoms with Gasteiger partial charge in [-0.3, -0.25) is 0 Å². The van der Waals surface area contributed by atoms with Crippen LogP contribution in [0.4, 0.5) is 0 Å². The van der Waals surface area contributed by atoms with Crippen LogP contribution >= 0.6 is 11.6 Å². The average Bonchev–Trinajstić information content (AvgIpc) is 2.72. The fraction of sp³-hybridized carbons (Fsp3) is 0.462. The largest absolute Gasteiger partial charge is 0.497 e. The summed E-state index contributed by atoms with van der Waals surface area (Å²) in [7, 11) is -1.43. The van der Waals surface area contributed by atoms with Crippen LogP contribution < -0.4 is 4.74 Å². The Balaban J connectivity index is 2.48. The minimum Gasteiger partial charge on any atom is -0.497 e. The zero-order valence-corrected chi connectivity index (χ0v) is 13.0. The number of alkyl halides is 1. The average molecular weight is 317 g/mol. The molecule has 0 atom stereocenters. The van der Waals surface area contributed by atoms with Crippen molar-refractivity contribution < 1.29 is 13.2 Å². The predicted octanol–water partition coefficient (Wildman–Crippen LogP) is 1.87. The number of aryl methyl sites for hydroxylation is 2. The Bertz CT molecular complexity index is 710. The number of aromatic nitrogens is 2. The van der Waals surface area contributed by atoms with Crippen LogP contribution in [0.25, 0.3) is 11.0 Å². The molecule has 0 saturated heterocycles. The topological polar surface area (TPSA) is 61.2 Å². The van der Waals surface area contributed by atoms with Gasteiger partial charge in [-0.2, -0.15) is 0 Å². The molecule has 0 amide bonds. The van der Waals surface area contributed by atoms with Crippen molar-refractivity contribution in [1.82, 2.24) is 9.55 Å². The summed E-state index contributed by atoms with van der Waals surface area (Å²) < 4.78 is 29.9. The summed E-state index contributed by atoms with van der Waals surface area (Å²) in [5, 5.41) is 0. The molecule has 5 nitrogen and oxygen atoms in total. The first-order chi connectivity index (χ1) is 9.44. The first-order valence-corrected chi connectivity index (χ1v) is 8.81. The molecule has 2 rings (SSSR count). The third-order valence-electron chi connectivity index (χ3n) is 3.04. The number of rotatable bonds is 6. The number of methoxy groups -OCH3 is 1. The number of nitrogens with zero attached hydrogens (tertiary/aromatic N) is 2. The van der Waals surface area contributed by atoms with E-state index in [0.717, 1.165) is 22.6 Å². The summed E-state index contributed by atoms with van der Waals surface area (Å²) in [6.07, 6.45) is 1.83. The van der Waals surface area contributed by atoms with Crippen molar-refractivity contribution in [2.75, 3.05) is 25.0 Å². The molecule has 110 valence electrons. The van der Waals surface area contributed by atoms with E-state index >= 15 is 0 Å². The molecule has 0 unspecified atom stereocenters. The number of hydrogen-bond acceptors (Lipinski definition) is 4. The first kappa shape index (κ1) is 15.1. The fourth-order valence-corrected chi connectivity index (χ4v) is 2.74. The zero-order valence-electron chi connectivity index (χ0n) is 11.5. The number of halogens is 1. The van der Waals surface area contributed by atoms with E-state index in [1.807, 2.05) is 22.8 Å². The van der Waals surface area contributed by atoms with Crippen molar-refractivity contribution in [3.8, 4) is 5.75 Å². The van der Waals surface area contributed by atoms with Gasteiger partial charge in [0.2, 0.25) is 0 Å². The second kappa shape index (κ2) is 6.01. The Morgan fingerprint density at radius 2 is 2.15 bits per heavy atom. The van der Waals surface area contributed by atoms with E-state index in [1.54, 1.807) is 7.11 Å². The van der Waals surface area contributed by atoms with Gasteiger partial charge in [-0.1, -0.05) is 0 Å². The third-order valence-corrected chi connectivity index (χ3v) is 4.15. The van der Waals surface area contributed by atoms with E-state index in [1.165, 1.54) is 6.26 Å². The molecule has 0 aliphatic carbocycles. The maximum atomic E-state index is 11.4. The summed E-state index contributed by atoms with van der Waals surface area (Å²) in [6, 6.07) is 5.56. The van der Waals surface area contributed by atoms with Crippen LogP contribution in [0.1, 0.15) is 5.82 Å². The zero-order chi connectivity index (χ0) is 14.8. The van der Waals surface area contributed by atoms with Gasteiger partial charge in [0, 0.05) is 31.2 Å². The molecular weight excluding hydrogens is 300 g/mol. The molecule has 0 aliphatic rings. The van der Waals surface area contributed by atoms with Crippen molar-refractivity contribution in [3.05, 3.63) is 24.0 Å². The quantitative estimate of drug-likeness (QED) is 0.763. The molecule has 20 heavy (non-hydrogen) atoms. The van der Waals surface area contributed by atoms with Crippen LogP contribution in [0.15, 0.2) is 18.2 Å². The number of hydrogen-bond donors (Lipinski definition) is 0. The van der Waals surface area contributed by atoms with Gasteiger partial charge in [0.1, 0.15) is 21.4 Å². The van der Waals surface area contributed by atoms with Crippen LogP contribution in [0, 0.1) is 0 Å². The monoisotopic (exact) mass is 316 g/mol. The molecule has 0 aliphatic heterocycles. The van der Waals surface area contributed by atoms with Crippen LogP contribution in [-0.2, 0) is 22.8 Å². The van der Waals surface area contributed by atoms with Crippen molar-refractivity contribution in [1.29, 1.82) is 0 Å². The Hall–Kier alpha value is -1.27. The lowest BCUT2D eigenvalue weighted by molar-refractivity contribution is 0.415. The molecule has 0 bridgehead atoms. The summed E-state index contributed by atoms with van der Waals surface area (Å²) in [5.41, 5.74) is 1.69. The van der Waals surface area contributed by atoms with Gasteiger partial charge < -0.3 is 9.30 Å². The molecule has 7 heteroatoms. The van der Waals surface area contributed by atoms with Crippen molar-refractivity contribution in [2.24, 2.45) is 0 Å². The molecule has 1 heterocycles. The second-order valence-electron chi connectivity index (χ2n) is 4.60. The highest BCUT2D eigenvalue weighted by molar-refractivity contribution is 7.90. The van der Waals surface area contributed by atoms with Gasteiger partial charge in [0.15, 0.2) is 0 Å². The second-order valence-corrected chi connectivity index (χ2v) is 7.24. The van der Waals surface area contributed by atoms with Crippen LogP contribution in [0.3, 0.4) is 0 Å². The maximum absolute atomic E-state index is 11.4. The van der Waals surface area contributed by atoms with E-state index in [2.05, 4.69) is 4.98 Å². The Labute approximate surface area is 123 Å². The highest BCUT2D eigenvalue weighted by Gasteiger charge is 2.13. The van der Waals surface area contributed by atoms with Gasteiger partial charge in [-0.25, -0.2) is 13.4 Å². The number of sulfone groups is 1. The van der Waals surface area contributed by atoms with Crippen LogP contribution in [-0.4, -0.2) is 43.0 Å². The molecule has 0 N–H and O–H groups in total. The van der Waals surface area contributed by atoms with Crippen molar-refractivity contribution in [2.45, 2.75) is 13.0 Å². The minimum absolute atomic E-state index is 0.0744. The Morgan fingerprint density at radius 3 is 2.75 bits per heavy atom. The Kier molecular flexibility index (Phi) is 4.55. The van der Waals surface area contributed by atoms with Crippen LogP contribution in [0.2, 0.25) is 0 Å². The molecule has 1 aromatic carbocycles. The molecule has 0 fully saturated rings. The molecular formula is C13H17ClN2O3S. The van der Waals surface area contributed by atoms with Gasteiger partial charge in [-0.15, -0.1) is 11.6 Å². The summed E-state index contributed by atoms with van der Waals surface area (Å²) >= 11 is 5.79. The van der Waals surface area contributed by atoms with E-state index in [0.29, 0.717) is 18.8 Å². The molecule has 0 saturated carbocycles. The molecule has 0 radical (unpaired) electrons. The summed E-state index contributed by atoms with van der Waals surface area (Å²) in [6.45, 7) is 0.370. The van der Waals surface area contributed by atoms with Crippen molar-refractivity contribution in [3.63, 3.8) is 0 Å². The fourth-order valence-electron chi connectivity index (χ4n) is 2.06. The number of ether oxygens (including phenoxy) is 1. The molecule has 1 aromatic heterocycles. The number of benzene rings is 1. The van der Waals surface area contributed by atoms with Gasteiger partial charge in [-0.05, 0) is 12.1 Å². The normalized spacial score (nSPS) is 11.9. The lowest BCUT2D eigenvalue weighted by Gasteiger charge is -2.08. The molecule has 0 spiro atoms. The summed E-state index contributed by atoms with van der Waals surface area (Å²) in [5.74, 6) is 2.03. The highest BCUT2D eigenvalue weighted by Crippen LogP contribution is 2.22. The molecule has 2 aromatic rings. The Morgan fingerprint density at radius 1 is 1.40 bits per heavy atom. The standard InChI is InChI=1S/C13H17ClN2O3S/c1-19-10-3-4-11-12(9-10)16(7-8-20(2,17)18)13(15-11)5-6-14/h3-4,9H,5-8H2,1-2H3. The van der Waals surface area contributed by atoms with E-state index in [9.17, 15) is 8.42 Å². The highest BCUT2D eigenvalue weighted by atomic mass is 35.5. The first-order valence-electron chi connectivity index (χ1n) is 6.21. The number of imidazole rings is 1. The minimum atomic E-state index is -3.03. The van der Waals surface area contributed by atoms with Gasteiger partial charge >= 0.3 is 0 Å². The van der Waals surface area contributed by atoms with E-state index < -0.39 is 9.84 Å². The third kappa shape index (κ3) is 3.43. The van der Waals surface area contributed by atoms with E-state index in [4.69, 9.17) is 16.3 Å². The lowest BCUT2D eigenvalue weighted by Crippen LogP contribution is -2.13. The van der Waals surface area contributed by atoms with Crippen LogP contribution in [0.5, 0.6) is 5.75 Å².